The van der Waals surface area contributed by atoms with Crippen LogP contribution in [0.2, 0.25) is 0 Å². The van der Waals surface area contributed by atoms with E-state index in [1.165, 1.54) is 103 Å². The summed E-state index contributed by atoms with van der Waals surface area (Å²) >= 11 is -0.513. The van der Waals surface area contributed by atoms with Crippen molar-refractivity contribution in [1.29, 1.82) is 0 Å². The molecule has 54 heavy (non-hydrogen) atoms. The van der Waals surface area contributed by atoms with Gasteiger partial charge < -0.3 is 0 Å². The van der Waals surface area contributed by atoms with Crippen LogP contribution in [0.25, 0.3) is 98.7 Å². The Bertz CT molecular complexity index is 3100. The first kappa shape index (κ1) is 31.8. The Labute approximate surface area is 329 Å². The first-order valence-electron chi connectivity index (χ1n) is 19.0. The third-order valence-corrected chi connectivity index (χ3v) is 17.8. The average Bonchev–Trinajstić information content (AvgIpc) is 3.61. The third-order valence-electron chi connectivity index (χ3n) is 11.8. The van der Waals surface area contributed by atoms with E-state index in [0.717, 1.165) is 0 Å². The molecule has 10 aromatic carbocycles. The molecule has 0 aromatic heterocycles. The molecule has 0 unspecified atom stereocenters. The molecule has 11 rings (SSSR count). The number of fused-ring (bicyclic) bond motifs is 7. The molecule has 0 fully saturated rings. The Hall–Kier alpha value is -5.67. The van der Waals surface area contributed by atoms with Gasteiger partial charge in [-0.1, -0.05) is 0 Å². The molecule has 1 heterocycles. The monoisotopic (exact) mass is 808 g/mol. The Kier molecular flexibility index (Phi) is 7.50. The SMILES string of the molecule is [GeH3][c]1ccccc1-c1ccccc1-c1cccc2c(-c3c4ccccc4cc4ccccc34)c3cccc(-c4ccc[c]5c4-c4cccc[c]4[GeH2]5)c3cc12. The molecule has 0 saturated heterocycles. The van der Waals surface area contributed by atoms with Gasteiger partial charge in [-0.2, -0.15) is 0 Å². The van der Waals surface area contributed by atoms with Crippen LogP contribution in [0, 0.1) is 0 Å². The first-order valence-corrected chi connectivity index (χ1v) is 24.0. The fourth-order valence-corrected chi connectivity index (χ4v) is 14.9. The standard InChI is InChI=1S/C52H36Ge2/c53-47-27-9-7-20-40(47)37-19-6-5-18-36(37)38-22-11-24-42-45(38)31-46-39(41-26-13-29-49-50(41)44-21-8-10-28-48(44)54-49)23-12-25-43(46)52(42)51-34-16-3-1-14-32(34)30-33-15-2-4-17-35(33)51/h1-31H,54H2,53H3. The Balaban J connectivity index is 1.32. The van der Waals surface area contributed by atoms with E-state index in [4.69, 9.17) is 0 Å². The van der Waals surface area contributed by atoms with Gasteiger partial charge in [0.25, 0.3) is 0 Å². The fourth-order valence-electron chi connectivity index (χ4n) is 9.43. The predicted molar refractivity (Wildman–Crippen MR) is 241 cm³/mol. The van der Waals surface area contributed by atoms with Gasteiger partial charge in [0.15, 0.2) is 0 Å². The van der Waals surface area contributed by atoms with Crippen LogP contribution < -0.4 is 13.2 Å². The number of hydrogen-bond acceptors (Lipinski definition) is 0. The summed E-state index contributed by atoms with van der Waals surface area (Å²) in [5, 5.41) is 10.3. The van der Waals surface area contributed by atoms with Crippen LogP contribution in [-0.4, -0.2) is 31.9 Å². The molecule has 0 N–H and O–H groups in total. The van der Waals surface area contributed by atoms with Crippen molar-refractivity contribution in [3.63, 3.8) is 0 Å². The van der Waals surface area contributed by atoms with Crippen molar-refractivity contribution in [2.45, 2.75) is 0 Å². The zero-order valence-corrected chi connectivity index (χ0v) is 37.3. The average molecular weight is 806 g/mol. The Morgan fingerprint density at radius 3 is 1.41 bits per heavy atom. The molecule has 0 aliphatic carbocycles. The van der Waals surface area contributed by atoms with Gasteiger partial charge in [-0.25, -0.2) is 0 Å². The third kappa shape index (κ3) is 4.90. The van der Waals surface area contributed by atoms with Gasteiger partial charge in [-0.05, 0) is 0 Å². The Morgan fingerprint density at radius 1 is 0.278 bits per heavy atom. The molecule has 2 heteroatoms. The van der Waals surface area contributed by atoms with Crippen molar-refractivity contribution in [1.82, 2.24) is 0 Å². The number of hydrogen-bond donors (Lipinski definition) is 0. The van der Waals surface area contributed by atoms with E-state index < -0.39 is 15.4 Å². The molecule has 0 atom stereocenters. The zero-order chi connectivity index (χ0) is 35.8. The van der Waals surface area contributed by atoms with E-state index >= 15 is 0 Å². The van der Waals surface area contributed by atoms with Gasteiger partial charge in [0.1, 0.15) is 0 Å². The van der Waals surface area contributed by atoms with Gasteiger partial charge in [-0.3, -0.25) is 0 Å². The van der Waals surface area contributed by atoms with Crippen LogP contribution in [0.4, 0.5) is 0 Å². The second kappa shape index (κ2) is 12.7. The van der Waals surface area contributed by atoms with Crippen molar-refractivity contribution >= 4 is 88.2 Å². The summed E-state index contributed by atoms with van der Waals surface area (Å²) < 4.78 is 4.66. The molecule has 0 amide bonds. The van der Waals surface area contributed by atoms with E-state index in [1.807, 2.05) is 0 Å². The van der Waals surface area contributed by atoms with Gasteiger partial charge in [0.2, 0.25) is 0 Å². The van der Waals surface area contributed by atoms with Crippen molar-refractivity contribution in [2.24, 2.45) is 0 Å². The molecular formula is C52H36Ge2. The van der Waals surface area contributed by atoms with Gasteiger partial charge >= 0.3 is 332 Å². The van der Waals surface area contributed by atoms with Gasteiger partial charge in [0.05, 0.1) is 0 Å². The zero-order valence-electron chi connectivity index (χ0n) is 30.1. The summed E-state index contributed by atoms with van der Waals surface area (Å²) in [5.41, 5.74) is 13.4. The van der Waals surface area contributed by atoms with E-state index in [1.54, 1.807) is 8.79 Å². The number of benzene rings is 10. The Morgan fingerprint density at radius 2 is 0.722 bits per heavy atom. The van der Waals surface area contributed by atoms with E-state index in [0.29, 0.717) is 16.5 Å². The van der Waals surface area contributed by atoms with Crippen molar-refractivity contribution in [3.05, 3.63) is 188 Å². The maximum atomic E-state index is 2.53. The summed E-state index contributed by atoms with van der Waals surface area (Å²) in [7, 11) is 0. The quantitative estimate of drug-likeness (QED) is 0.123. The van der Waals surface area contributed by atoms with Gasteiger partial charge in [-0.15, -0.1) is 0 Å². The molecule has 1 aliphatic rings. The molecule has 0 radical (unpaired) electrons. The molecule has 1 aliphatic heterocycles. The number of rotatable bonds is 4. The van der Waals surface area contributed by atoms with E-state index in [9.17, 15) is 0 Å². The summed E-state index contributed by atoms with van der Waals surface area (Å²) in [4.78, 5) is 0. The summed E-state index contributed by atoms with van der Waals surface area (Å²) in [5.74, 6) is 0. The van der Waals surface area contributed by atoms with Crippen LogP contribution in [0.3, 0.4) is 0 Å². The summed E-state index contributed by atoms with van der Waals surface area (Å²) in [6, 6.07) is 71.1. The van der Waals surface area contributed by atoms with Crippen LogP contribution in [0.1, 0.15) is 0 Å². The second-order valence-electron chi connectivity index (χ2n) is 14.8. The molecule has 0 bridgehead atoms. The maximum absolute atomic E-state index is 2.53. The minimum atomic E-state index is -1.07. The van der Waals surface area contributed by atoms with Crippen LogP contribution in [0.5, 0.6) is 0 Å². The molecule has 252 valence electrons. The van der Waals surface area contributed by atoms with Crippen molar-refractivity contribution < 1.29 is 0 Å². The first-order chi connectivity index (χ1) is 26.7. The van der Waals surface area contributed by atoms with Crippen molar-refractivity contribution in [3.8, 4) is 55.6 Å². The van der Waals surface area contributed by atoms with Crippen LogP contribution >= 0.6 is 0 Å². The molecule has 0 saturated carbocycles. The summed E-state index contributed by atoms with van der Waals surface area (Å²) in [6.07, 6.45) is 0. The van der Waals surface area contributed by atoms with Crippen LogP contribution in [-0.2, 0) is 0 Å². The molecule has 0 spiro atoms. The summed E-state index contributed by atoms with van der Waals surface area (Å²) in [6.45, 7) is 0. The molecule has 10 aromatic rings. The fraction of sp³-hybridized carbons (Fsp3) is 0. The van der Waals surface area contributed by atoms with E-state index in [2.05, 4.69) is 188 Å². The van der Waals surface area contributed by atoms with Crippen LogP contribution in [0.15, 0.2) is 188 Å². The van der Waals surface area contributed by atoms with Crippen molar-refractivity contribution in [2.75, 3.05) is 0 Å². The molecular weight excluding hydrogens is 770 g/mol. The minimum absolute atomic E-state index is 0.557. The topological polar surface area (TPSA) is 0 Å². The van der Waals surface area contributed by atoms with Gasteiger partial charge in [0, 0.05) is 0 Å². The normalized spacial score (nSPS) is 12.6. The van der Waals surface area contributed by atoms with E-state index in [-0.39, 0.29) is 0 Å². The predicted octanol–water partition coefficient (Wildman–Crippen LogP) is 10.1. The molecule has 0 nitrogen and oxygen atoms in total. The second-order valence-corrected chi connectivity index (χ2v) is 21.0.